The molecule has 2 atom stereocenters. The smallest absolute Gasteiger partial charge is 0.191 e. The molecule has 0 bridgehead atoms. The number of anilines is 1. The van der Waals surface area contributed by atoms with Gasteiger partial charge in [0.25, 0.3) is 0 Å². The molecule has 2 N–H and O–H groups in total. The number of nitrogens with zero attached hydrogens (tertiary/aromatic N) is 2. The van der Waals surface area contributed by atoms with Crippen molar-refractivity contribution in [2.75, 3.05) is 38.2 Å². The van der Waals surface area contributed by atoms with Crippen LogP contribution >= 0.6 is 0 Å². The molecule has 166 valence electrons. The number of rotatable bonds is 7. The molecule has 2 heterocycles. The van der Waals surface area contributed by atoms with E-state index in [9.17, 15) is 0 Å². The lowest BCUT2D eigenvalue weighted by Gasteiger charge is -2.19. The van der Waals surface area contributed by atoms with Gasteiger partial charge in [0.1, 0.15) is 17.6 Å². The number of guanidine groups is 1. The van der Waals surface area contributed by atoms with Crippen molar-refractivity contribution in [2.45, 2.75) is 39.3 Å². The van der Waals surface area contributed by atoms with E-state index < -0.39 is 0 Å². The summed E-state index contributed by atoms with van der Waals surface area (Å²) in [5.74, 6) is 3.32. The maximum Gasteiger partial charge on any atom is 0.191 e. The van der Waals surface area contributed by atoms with Crippen molar-refractivity contribution in [2.24, 2.45) is 10.9 Å². The van der Waals surface area contributed by atoms with E-state index in [1.807, 2.05) is 14.0 Å². The van der Waals surface area contributed by atoms with Gasteiger partial charge in [0.05, 0.1) is 6.61 Å². The van der Waals surface area contributed by atoms with Crippen molar-refractivity contribution in [3.8, 4) is 11.5 Å². The molecule has 2 unspecified atom stereocenters. The maximum atomic E-state index is 5.94. The van der Waals surface area contributed by atoms with Gasteiger partial charge < -0.3 is 25.0 Å². The second kappa shape index (κ2) is 9.94. The lowest BCUT2D eigenvalue weighted by atomic mass is 10.1. The molecule has 4 rings (SSSR count). The zero-order valence-electron chi connectivity index (χ0n) is 18.9. The first kappa shape index (κ1) is 21.3. The number of nitrogens with one attached hydrogen (secondary N) is 2. The number of ether oxygens (including phenoxy) is 2. The second-order valence-electron chi connectivity index (χ2n) is 8.38. The van der Waals surface area contributed by atoms with Gasteiger partial charge >= 0.3 is 0 Å². The minimum absolute atomic E-state index is 0.226. The van der Waals surface area contributed by atoms with Gasteiger partial charge in [-0.05, 0) is 50.5 Å². The quantitative estimate of drug-likeness (QED) is 0.527. The number of fused-ring (bicyclic) bond motifs is 1. The Bertz CT molecular complexity index is 900. The summed E-state index contributed by atoms with van der Waals surface area (Å²) in [6.07, 6.45) is 2.35. The summed E-state index contributed by atoms with van der Waals surface area (Å²) in [4.78, 5) is 6.87. The molecule has 0 amide bonds. The standard InChI is InChI=1S/C25H34N4O2/c1-4-30-23-13-20-12-18(2)31-24(20)14-21(23)16-28-25(26-3)27-15-19-10-11-29(17-19)22-8-6-5-7-9-22/h5-9,13-14,18-19H,4,10-12,15-17H2,1-3H3,(H2,26,27,28). The lowest BCUT2D eigenvalue weighted by molar-refractivity contribution is 0.254. The molecule has 0 spiro atoms. The van der Waals surface area contributed by atoms with Gasteiger partial charge in [0, 0.05) is 56.5 Å². The molecule has 2 aliphatic heterocycles. The Morgan fingerprint density at radius 2 is 2.06 bits per heavy atom. The molecule has 0 radical (unpaired) electrons. The Hall–Kier alpha value is -2.89. The van der Waals surface area contributed by atoms with Gasteiger partial charge in [-0.25, -0.2) is 0 Å². The fourth-order valence-electron chi connectivity index (χ4n) is 4.42. The third-order valence-electron chi connectivity index (χ3n) is 6.01. The average molecular weight is 423 g/mol. The Kier molecular flexibility index (Phi) is 6.85. The zero-order valence-corrected chi connectivity index (χ0v) is 18.9. The number of aliphatic imine (C=N–C) groups is 1. The fraction of sp³-hybridized carbons (Fsp3) is 0.480. The molecular weight excluding hydrogens is 388 g/mol. The van der Waals surface area contributed by atoms with Crippen molar-refractivity contribution in [1.29, 1.82) is 0 Å². The molecular formula is C25H34N4O2. The van der Waals surface area contributed by atoms with Crippen LogP contribution in [0.5, 0.6) is 11.5 Å². The van der Waals surface area contributed by atoms with Crippen molar-refractivity contribution in [3.05, 3.63) is 53.6 Å². The van der Waals surface area contributed by atoms with Crippen molar-refractivity contribution in [3.63, 3.8) is 0 Å². The Labute approximate surface area is 185 Å². The summed E-state index contributed by atoms with van der Waals surface area (Å²) in [6, 6.07) is 14.9. The number of hydrogen-bond acceptors (Lipinski definition) is 4. The van der Waals surface area contributed by atoms with E-state index in [2.05, 4.69) is 69.9 Å². The number of para-hydroxylation sites is 1. The first-order chi connectivity index (χ1) is 15.2. The van der Waals surface area contributed by atoms with E-state index in [0.717, 1.165) is 49.1 Å². The van der Waals surface area contributed by atoms with Crippen LogP contribution in [0.4, 0.5) is 5.69 Å². The van der Waals surface area contributed by atoms with Gasteiger partial charge in [-0.15, -0.1) is 0 Å². The lowest BCUT2D eigenvalue weighted by Crippen LogP contribution is -2.40. The van der Waals surface area contributed by atoms with Crippen LogP contribution < -0.4 is 25.0 Å². The predicted octanol–water partition coefficient (Wildman–Crippen LogP) is 3.60. The Balaban J connectivity index is 1.31. The van der Waals surface area contributed by atoms with E-state index in [1.165, 1.54) is 17.7 Å². The minimum Gasteiger partial charge on any atom is -0.494 e. The van der Waals surface area contributed by atoms with Crippen LogP contribution in [-0.4, -0.2) is 45.4 Å². The first-order valence-electron chi connectivity index (χ1n) is 11.4. The van der Waals surface area contributed by atoms with Gasteiger partial charge in [-0.2, -0.15) is 0 Å². The topological polar surface area (TPSA) is 58.1 Å². The molecule has 2 aromatic carbocycles. The van der Waals surface area contributed by atoms with E-state index in [-0.39, 0.29) is 6.10 Å². The summed E-state index contributed by atoms with van der Waals surface area (Å²) in [7, 11) is 1.82. The van der Waals surface area contributed by atoms with Gasteiger partial charge in [0.2, 0.25) is 0 Å². The summed E-state index contributed by atoms with van der Waals surface area (Å²) in [5, 5.41) is 6.95. The average Bonchev–Trinajstić information content (AvgIpc) is 3.40. The van der Waals surface area contributed by atoms with Crippen LogP contribution in [0, 0.1) is 5.92 Å². The molecule has 1 fully saturated rings. The van der Waals surface area contributed by atoms with Crippen molar-refractivity contribution in [1.82, 2.24) is 10.6 Å². The summed E-state index contributed by atoms with van der Waals surface area (Å²) < 4.78 is 11.8. The Morgan fingerprint density at radius 1 is 1.23 bits per heavy atom. The highest BCUT2D eigenvalue weighted by Crippen LogP contribution is 2.35. The minimum atomic E-state index is 0.226. The second-order valence-corrected chi connectivity index (χ2v) is 8.38. The van der Waals surface area contributed by atoms with E-state index >= 15 is 0 Å². The van der Waals surface area contributed by atoms with Crippen LogP contribution in [0.1, 0.15) is 31.4 Å². The van der Waals surface area contributed by atoms with Crippen LogP contribution in [0.15, 0.2) is 47.5 Å². The summed E-state index contributed by atoms with van der Waals surface area (Å²) in [5.41, 5.74) is 3.63. The van der Waals surface area contributed by atoms with E-state index in [1.54, 1.807) is 0 Å². The largest absolute Gasteiger partial charge is 0.494 e. The fourth-order valence-corrected chi connectivity index (χ4v) is 4.42. The molecule has 1 saturated heterocycles. The molecule has 0 aliphatic carbocycles. The maximum absolute atomic E-state index is 5.94. The van der Waals surface area contributed by atoms with Crippen LogP contribution in [0.25, 0.3) is 0 Å². The van der Waals surface area contributed by atoms with Gasteiger partial charge in [-0.1, -0.05) is 18.2 Å². The molecule has 2 aliphatic rings. The third kappa shape index (κ3) is 5.24. The molecule has 2 aromatic rings. The Morgan fingerprint density at radius 3 is 2.84 bits per heavy atom. The normalized spacial score (nSPS) is 20.4. The number of hydrogen-bond donors (Lipinski definition) is 2. The molecule has 31 heavy (non-hydrogen) atoms. The van der Waals surface area contributed by atoms with Crippen LogP contribution in [0.3, 0.4) is 0 Å². The SMILES string of the molecule is CCOc1cc2c(cc1CNC(=NC)NCC1CCN(c3ccccc3)C1)OC(C)C2. The highest BCUT2D eigenvalue weighted by atomic mass is 16.5. The summed E-state index contributed by atoms with van der Waals surface area (Å²) in [6.45, 7) is 8.49. The molecule has 0 aromatic heterocycles. The van der Waals surface area contributed by atoms with Gasteiger partial charge in [0.15, 0.2) is 5.96 Å². The van der Waals surface area contributed by atoms with Crippen molar-refractivity contribution < 1.29 is 9.47 Å². The van der Waals surface area contributed by atoms with E-state index in [0.29, 0.717) is 19.1 Å². The molecule has 0 saturated carbocycles. The van der Waals surface area contributed by atoms with Crippen LogP contribution in [0.2, 0.25) is 0 Å². The highest BCUT2D eigenvalue weighted by molar-refractivity contribution is 5.79. The van der Waals surface area contributed by atoms with E-state index in [4.69, 9.17) is 9.47 Å². The van der Waals surface area contributed by atoms with Crippen molar-refractivity contribution >= 4 is 11.6 Å². The van der Waals surface area contributed by atoms with Crippen LogP contribution in [-0.2, 0) is 13.0 Å². The molecule has 6 heteroatoms. The highest BCUT2D eigenvalue weighted by Gasteiger charge is 2.24. The number of benzene rings is 2. The predicted molar refractivity (Wildman–Crippen MR) is 126 cm³/mol. The summed E-state index contributed by atoms with van der Waals surface area (Å²) >= 11 is 0. The zero-order chi connectivity index (χ0) is 21.6. The third-order valence-corrected chi connectivity index (χ3v) is 6.01. The molecule has 6 nitrogen and oxygen atoms in total. The van der Waals surface area contributed by atoms with Gasteiger partial charge in [-0.3, -0.25) is 4.99 Å². The first-order valence-corrected chi connectivity index (χ1v) is 11.4. The monoisotopic (exact) mass is 422 g/mol.